The Morgan fingerprint density at radius 1 is 1.31 bits per heavy atom. The summed E-state index contributed by atoms with van der Waals surface area (Å²) in [6.45, 7) is 1.18. The minimum atomic E-state index is -3.76. The maximum Gasteiger partial charge on any atom is 0.242 e. The Morgan fingerprint density at radius 3 is 2.56 bits per heavy atom. The molecular formula is C10H9NO4S. The molecule has 1 aromatic carbocycles. The zero-order valence-corrected chi connectivity index (χ0v) is 9.24. The SMILES string of the molecule is CC(=O)C1NS(=O)(=O)c2ccccc2C1=O. The Bertz CT molecular complexity index is 576. The molecular weight excluding hydrogens is 230 g/mol. The molecule has 1 N–H and O–H groups in total. The van der Waals surface area contributed by atoms with Gasteiger partial charge in [-0.05, 0) is 19.1 Å². The molecule has 84 valence electrons. The molecule has 1 aliphatic rings. The topological polar surface area (TPSA) is 80.3 Å². The van der Waals surface area contributed by atoms with Gasteiger partial charge in [0.1, 0.15) is 6.04 Å². The van der Waals surface area contributed by atoms with Gasteiger partial charge in [0.05, 0.1) is 4.90 Å². The van der Waals surface area contributed by atoms with Gasteiger partial charge in [-0.2, -0.15) is 4.72 Å². The van der Waals surface area contributed by atoms with E-state index in [1.54, 1.807) is 6.07 Å². The first-order chi connectivity index (χ1) is 7.43. The first-order valence-electron chi connectivity index (χ1n) is 4.59. The van der Waals surface area contributed by atoms with Crippen molar-refractivity contribution in [2.75, 3.05) is 0 Å². The number of carbonyl (C=O) groups excluding carboxylic acids is 2. The molecule has 0 aromatic heterocycles. The van der Waals surface area contributed by atoms with E-state index < -0.39 is 27.6 Å². The predicted octanol–water partition coefficient (Wildman–Crippen LogP) is 0.119. The lowest BCUT2D eigenvalue weighted by molar-refractivity contribution is -0.117. The van der Waals surface area contributed by atoms with Crippen LogP contribution in [0.2, 0.25) is 0 Å². The van der Waals surface area contributed by atoms with Crippen LogP contribution in [-0.2, 0) is 14.8 Å². The lowest BCUT2D eigenvalue weighted by Gasteiger charge is -2.22. The fourth-order valence-corrected chi connectivity index (χ4v) is 3.03. The van der Waals surface area contributed by atoms with Crippen LogP contribution in [0.3, 0.4) is 0 Å². The van der Waals surface area contributed by atoms with Crippen molar-refractivity contribution in [3.05, 3.63) is 29.8 Å². The molecule has 6 heteroatoms. The van der Waals surface area contributed by atoms with Crippen LogP contribution in [-0.4, -0.2) is 26.0 Å². The number of ketones is 2. The van der Waals surface area contributed by atoms with Crippen LogP contribution in [0.15, 0.2) is 29.2 Å². The zero-order valence-electron chi connectivity index (χ0n) is 8.43. The summed E-state index contributed by atoms with van der Waals surface area (Å²) < 4.78 is 25.5. The van der Waals surface area contributed by atoms with E-state index in [4.69, 9.17) is 0 Å². The summed E-state index contributed by atoms with van der Waals surface area (Å²) in [7, 11) is -3.76. The molecule has 0 spiro atoms. The molecule has 0 fully saturated rings. The number of rotatable bonds is 1. The first kappa shape index (κ1) is 11.0. The average Bonchev–Trinajstić information content (AvgIpc) is 2.23. The lowest BCUT2D eigenvalue weighted by atomic mass is 10.0. The molecule has 0 saturated carbocycles. The van der Waals surface area contributed by atoms with E-state index in [0.717, 1.165) is 0 Å². The minimum absolute atomic E-state index is 0.0708. The van der Waals surface area contributed by atoms with E-state index in [0.29, 0.717) is 0 Å². The Balaban J connectivity index is 2.67. The van der Waals surface area contributed by atoms with Crippen LogP contribution in [0.25, 0.3) is 0 Å². The summed E-state index contributed by atoms with van der Waals surface area (Å²) >= 11 is 0. The minimum Gasteiger partial charge on any atom is -0.298 e. The molecule has 1 unspecified atom stereocenters. The maximum absolute atomic E-state index is 11.8. The van der Waals surface area contributed by atoms with Gasteiger partial charge in [-0.3, -0.25) is 9.59 Å². The normalized spacial score (nSPS) is 22.6. The molecule has 1 aromatic rings. The summed E-state index contributed by atoms with van der Waals surface area (Å²) in [6, 6.07) is 4.55. The van der Waals surface area contributed by atoms with Gasteiger partial charge in [-0.1, -0.05) is 12.1 Å². The first-order valence-corrected chi connectivity index (χ1v) is 6.08. The number of sulfonamides is 1. The third-order valence-corrected chi connectivity index (χ3v) is 3.86. The Kier molecular flexibility index (Phi) is 2.40. The largest absolute Gasteiger partial charge is 0.298 e. The molecule has 1 aliphatic heterocycles. The fraction of sp³-hybridized carbons (Fsp3) is 0.200. The highest BCUT2D eigenvalue weighted by atomic mass is 32.2. The second-order valence-electron chi connectivity index (χ2n) is 3.53. The molecule has 16 heavy (non-hydrogen) atoms. The van der Waals surface area contributed by atoms with Gasteiger partial charge in [0.15, 0.2) is 11.6 Å². The second-order valence-corrected chi connectivity index (χ2v) is 5.21. The molecule has 0 bridgehead atoms. The maximum atomic E-state index is 11.8. The summed E-state index contributed by atoms with van der Waals surface area (Å²) in [5, 5.41) is 0. The highest BCUT2D eigenvalue weighted by Gasteiger charge is 2.38. The van der Waals surface area contributed by atoms with Crippen LogP contribution in [0.5, 0.6) is 0 Å². The lowest BCUT2D eigenvalue weighted by Crippen LogP contribution is -2.49. The Labute approximate surface area is 92.5 Å². The number of hydrogen-bond donors (Lipinski definition) is 1. The number of carbonyl (C=O) groups is 2. The van der Waals surface area contributed by atoms with E-state index in [1.807, 2.05) is 0 Å². The highest BCUT2D eigenvalue weighted by Crippen LogP contribution is 2.22. The standard InChI is InChI=1S/C10H9NO4S/c1-6(12)9-10(13)7-4-2-3-5-8(7)16(14,15)11-9/h2-5,9,11H,1H3. The molecule has 0 saturated heterocycles. The molecule has 2 rings (SSSR count). The molecule has 1 heterocycles. The van der Waals surface area contributed by atoms with E-state index in [2.05, 4.69) is 4.72 Å². The van der Waals surface area contributed by atoms with Crippen molar-refractivity contribution < 1.29 is 18.0 Å². The van der Waals surface area contributed by atoms with Crippen molar-refractivity contribution >= 4 is 21.6 Å². The van der Waals surface area contributed by atoms with E-state index in [1.165, 1.54) is 25.1 Å². The van der Waals surface area contributed by atoms with Crippen molar-refractivity contribution in [3.8, 4) is 0 Å². The van der Waals surface area contributed by atoms with Gasteiger partial charge in [0.2, 0.25) is 10.0 Å². The number of fused-ring (bicyclic) bond motifs is 1. The van der Waals surface area contributed by atoms with Gasteiger partial charge < -0.3 is 0 Å². The summed E-state index contributed by atoms with van der Waals surface area (Å²) in [5.74, 6) is -1.01. The van der Waals surface area contributed by atoms with Crippen molar-refractivity contribution in [1.82, 2.24) is 4.72 Å². The number of nitrogens with one attached hydrogen (secondary N) is 1. The van der Waals surface area contributed by atoms with Crippen molar-refractivity contribution in [3.63, 3.8) is 0 Å². The zero-order chi connectivity index (χ0) is 11.9. The number of benzene rings is 1. The van der Waals surface area contributed by atoms with Crippen molar-refractivity contribution in [2.45, 2.75) is 17.9 Å². The van der Waals surface area contributed by atoms with Crippen LogP contribution in [0.4, 0.5) is 0 Å². The third kappa shape index (κ3) is 1.56. The quantitative estimate of drug-likeness (QED) is 0.706. The number of hydrogen-bond acceptors (Lipinski definition) is 4. The smallest absolute Gasteiger partial charge is 0.242 e. The predicted molar refractivity (Wildman–Crippen MR) is 55.6 cm³/mol. The Hall–Kier alpha value is -1.53. The molecule has 0 radical (unpaired) electrons. The van der Waals surface area contributed by atoms with E-state index in [9.17, 15) is 18.0 Å². The van der Waals surface area contributed by atoms with Crippen LogP contribution in [0, 0.1) is 0 Å². The van der Waals surface area contributed by atoms with Gasteiger partial charge in [-0.15, -0.1) is 0 Å². The molecule has 0 aliphatic carbocycles. The Morgan fingerprint density at radius 2 is 1.94 bits per heavy atom. The van der Waals surface area contributed by atoms with Gasteiger partial charge in [0.25, 0.3) is 0 Å². The molecule has 0 amide bonds. The van der Waals surface area contributed by atoms with Crippen LogP contribution in [0.1, 0.15) is 17.3 Å². The summed E-state index contributed by atoms with van der Waals surface area (Å²) in [4.78, 5) is 22.9. The highest BCUT2D eigenvalue weighted by molar-refractivity contribution is 7.89. The van der Waals surface area contributed by atoms with Crippen molar-refractivity contribution in [1.29, 1.82) is 0 Å². The van der Waals surface area contributed by atoms with E-state index in [-0.39, 0.29) is 10.5 Å². The van der Waals surface area contributed by atoms with Crippen molar-refractivity contribution in [2.24, 2.45) is 0 Å². The average molecular weight is 239 g/mol. The summed E-state index contributed by atoms with van der Waals surface area (Å²) in [5.41, 5.74) is 0.0708. The van der Waals surface area contributed by atoms with Crippen LogP contribution < -0.4 is 4.72 Å². The molecule has 5 nitrogen and oxygen atoms in total. The number of Topliss-reactive ketones (excluding diaryl/α,β-unsaturated/α-hetero) is 2. The van der Waals surface area contributed by atoms with Crippen LogP contribution >= 0.6 is 0 Å². The molecule has 1 atom stereocenters. The monoisotopic (exact) mass is 239 g/mol. The van der Waals surface area contributed by atoms with Gasteiger partial charge in [0, 0.05) is 5.56 Å². The van der Waals surface area contributed by atoms with Gasteiger partial charge in [-0.25, -0.2) is 8.42 Å². The second kappa shape index (κ2) is 3.50. The van der Waals surface area contributed by atoms with Gasteiger partial charge >= 0.3 is 0 Å². The van der Waals surface area contributed by atoms with E-state index >= 15 is 0 Å². The fourth-order valence-electron chi connectivity index (χ4n) is 1.60. The summed E-state index contributed by atoms with van der Waals surface area (Å²) in [6.07, 6.45) is 0. The third-order valence-electron chi connectivity index (χ3n) is 2.38.